The molecule has 1 aromatic carbocycles. The number of hydrogen-bond donors (Lipinski definition) is 0. The highest BCUT2D eigenvalue weighted by Gasteiger charge is 2.24. The SMILES string of the molecule is O=C1CCCCCCCC1CN1CCN(c2ccccc2)CC1. The van der Waals surface area contributed by atoms with E-state index in [2.05, 4.69) is 40.1 Å². The number of benzene rings is 1. The highest BCUT2D eigenvalue weighted by molar-refractivity contribution is 5.81. The van der Waals surface area contributed by atoms with Gasteiger partial charge in [-0.1, -0.05) is 43.9 Å². The van der Waals surface area contributed by atoms with Crippen molar-refractivity contribution in [3.8, 4) is 0 Å². The molecule has 23 heavy (non-hydrogen) atoms. The van der Waals surface area contributed by atoms with Gasteiger partial charge in [0.25, 0.3) is 0 Å². The molecule has 0 amide bonds. The van der Waals surface area contributed by atoms with Crippen LogP contribution in [0.3, 0.4) is 0 Å². The van der Waals surface area contributed by atoms with E-state index >= 15 is 0 Å². The van der Waals surface area contributed by atoms with E-state index in [0.29, 0.717) is 5.78 Å². The number of rotatable bonds is 3. The third-order valence-corrected chi connectivity index (χ3v) is 5.40. The molecule has 1 atom stereocenters. The van der Waals surface area contributed by atoms with Crippen molar-refractivity contribution in [1.29, 1.82) is 0 Å². The molecule has 0 radical (unpaired) electrons. The Hall–Kier alpha value is -1.35. The van der Waals surface area contributed by atoms with E-state index in [-0.39, 0.29) is 5.92 Å². The van der Waals surface area contributed by atoms with E-state index < -0.39 is 0 Å². The maximum atomic E-state index is 12.4. The highest BCUT2D eigenvalue weighted by Crippen LogP contribution is 2.22. The van der Waals surface area contributed by atoms with Gasteiger partial charge in [-0.2, -0.15) is 0 Å². The molecule has 1 unspecified atom stereocenters. The topological polar surface area (TPSA) is 23.6 Å². The van der Waals surface area contributed by atoms with Gasteiger partial charge in [0.15, 0.2) is 0 Å². The minimum atomic E-state index is 0.288. The molecule has 1 aliphatic heterocycles. The summed E-state index contributed by atoms with van der Waals surface area (Å²) >= 11 is 0. The lowest BCUT2D eigenvalue weighted by molar-refractivity contribution is -0.123. The van der Waals surface area contributed by atoms with Gasteiger partial charge in [0.1, 0.15) is 5.78 Å². The fourth-order valence-corrected chi connectivity index (χ4v) is 3.92. The molecule has 3 rings (SSSR count). The number of nitrogens with zero attached hydrogens (tertiary/aromatic N) is 2. The summed E-state index contributed by atoms with van der Waals surface area (Å²) in [6.07, 6.45) is 8.14. The number of Topliss-reactive ketones (excluding diaryl/α,β-unsaturated/α-hetero) is 1. The normalized spacial score (nSPS) is 24.8. The van der Waals surface area contributed by atoms with E-state index in [0.717, 1.165) is 52.0 Å². The lowest BCUT2D eigenvalue weighted by atomic mass is 9.94. The Balaban J connectivity index is 1.50. The number of piperazine rings is 1. The smallest absolute Gasteiger partial charge is 0.137 e. The van der Waals surface area contributed by atoms with Crippen LogP contribution in [0.1, 0.15) is 44.9 Å². The number of hydrogen-bond acceptors (Lipinski definition) is 3. The second-order valence-electron chi connectivity index (χ2n) is 7.09. The minimum absolute atomic E-state index is 0.288. The van der Waals surface area contributed by atoms with Gasteiger partial charge in [0.05, 0.1) is 0 Å². The molecule has 1 aliphatic carbocycles. The first-order valence-corrected chi connectivity index (χ1v) is 9.38. The maximum absolute atomic E-state index is 12.4. The van der Waals surface area contributed by atoms with Crippen LogP contribution in [0.5, 0.6) is 0 Å². The van der Waals surface area contributed by atoms with Crippen LogP contribution in [0.4, 0.5) is 5.69 Å². The molecule has 1 saturated carbocycles. The molecule has 126 valence electrons. The number of para-hydroxylation sites is 1. The fourth-order valence-electron chi connectivity index (χ4n) is 3.92. The Kier molecular flexibility index (Phi) is 6.09. The molecule has 1 heterocycles. The molecule has 1 saturated heterocycles. The van der Waals surface area contributed by atoms with Gasteiger partial charge in [-0.05, 0) is 25.0 Å². The van der Waals surface area contributed by atoms with E-state index in [1.807, 2.05) is 0 Å². The second kappa shape index (κ2) is 8.49. The Morgan fingerprint density at radius 1 is 0.870 bits per heavy atom. The second-order valence-corrected chi connectivity index (χ2v) is 7.09. The number of ketones is 1. The maximum Gasteiger partial charge on any atom is 0.137 e. The van der Waals surface area contributed by atoms with Crippen LogP contribution in [0.2, 0.25) is 0 Å². The number of carbonyl (C=O) groups is 1. The van der Waals surface area contributed by atoms with Crippen molar-refractivity contribution in [3.05, 3.63) is 30.3 Å². The van der Waals surface area contributed by atoms with Crippen molar-refractivity contribution < 1.29 is 4.79 Å². The minimum Gasteiger partial charge on any atom is -0.369 e. The number of carbonyl (C=O) groups excluding carboxylic acids is 1. The molecule has 1 aromatic rings. The van der Waals surface area contributed by atoms with E-state index in [1.165, 1.54) is 31.4 Å². The molecule has 2 fully saturated rings. The summed E-state index contributed by atoms with van der Waals surface area (Å²) < 4.78 is 0. The van der Waals surface area contributed by atoms with Crippen LogP contribution < -0.4 is 4.90 Å². The molecule has 0 spiro atoms. The van der Waals surface area contributed by atoms with Crippen LogP contribution in [0.25, 0.3) is 0 Å². The van der Waals surface area contributed by atoms with E-state index in [1.54, 1.807) is 0 Å². The Morgan fingerprint density at radius 3 is 2.35 bits per heavy atom. The average Bonchev–Trinajstić information content (AvgIpc) is 2.70. The van der Waals surface area contributed by atoms with Crippen LogP contribution in [-0.4, -0.2) is 43.4 Å². The number of anilines is 1. The van der Waals surface area contributed by atoms with Crippen molar-refractivity contribution in [2.75, 3.05) is 37.6 Å². The third kappa shape index (κ3) is 4.81. The lowest BCUT2D eigenvalue weighted by Gasteiger charge is -2.37. The largest absolute Gasteiger partial charge is 0.369 e. The summed E-state index contributed by atoms with van der Waals surface area (Å²) in [5.74, 6) is 0.814. The summed E-state index contributed by atoms with van der Waals surface area (Å²) in [4.78, 5) is 17.4. The summed E-state index contributed by atoms with van der Waals surface area (Å²) in [5.41, 5.74) is 1.32. The van der Waals surface area contributed by atoms with Crippen LogP contribution >= 0.6 is 0 Å². The predicted octanol–water partition coefficient (Wildman–Crippen LogP) is 3.74. The van der Waals surface area contributed by atoms with Gasteiger partial charge in [0.2, 0.25) is 0 Å². The van der Waals surface area contributed by atoms with Crippen molar-refractivity contribution in [2.24, 2.45) is 5.92 Å². The zero-order chi connectivity index (χ0) is 15.9. The molecule has 0 bridgehead atoms. The zero-order valence-electron chi connectivity index (χ0n) is 14.3. The van der Waals surface area contributed by atoms with Gasteiger partial charge in [-0.15, -0.1) is 0 Å². The van der Waals surface area contributed by atoms with Crippen molar-refractivity contribution in [2.45, 2.75) is 44.9 Å². The van der Waals surface area contributed by atoms with Gasteiger partial charge < -0.3 is 4.90 Å². The Bertz CT molecular complexity index is 480. The summed E-state index contributed by atoms with van der Waals surface area (Å²) in [6.45, 7) is 5.30. The molecule has 0 N–H and O–H groups in total. The Morgan fingerprint density at radius 2 is 1.57 bits per heavy atom. The van der Waals surface area contributed by atoms with Gasteiger partial charge >= 0.3 is 0 Å². The monoisotopic (exact) mass is 314 g/mol. The van der Waals surface area contributed by atoms with Gasteiger partial charge in [-0.3, -0.25) is 9.69 Å². The quantitative estimate of drug-likeness (QED) is 0.849. The average molecular weight is 314 g/mol. The van der Waals surface area contributed by atoms with Crippen LogP contribution in [0, 0.1) is 5.92 Å². The summed E-state index contributed by atoms with van der Waals surface area (Å²) in [7, 11) is 0. The molecule has 3 heteroatoms. The lowest BCUT2D eigenvalue weighted by Crippen LogP contribution is -2.48. The first kappa shape index (κ1) is 16.5. The molecular weight excluding hydrogens is 284 g/mol. The van der Waals surface area contributed by atoms with Crippen molar-refractivity contribution >= 4 is 11.5 Å². The zero-order valence-corrected chi connectivity index (χ0v) is 14.3. The van der Waals surface area contributed by atoms with Crippen molar-refractivity contribution in [3.63, 3.8) is 0 Å². The summed E-state index contributed by atoms with van der Waals surface area (Å²) in [6, 6.07) is 10.7. The molecular formula is C20H30N2O. The molecule has 2 aliphatic rings. The fraction of sp³-hybridized carbons (Fsp3) is 0.650. The van der Waals surface area contributed by atoms with Gasteiger partial charge in [0, 0.05) is 50.7 Å². The van der Waals surface area contributed by atoms with Crippen LogP contribution in [0.15, 0.2) is 30.3 Å². The molecule has 3 nitrogen and oxygen atoms in total. The van der Waals surface area contributed by atoms with E-state index in [4.69, 9.17) is 0 Å². The van der Waals surface area contributed by atoms with Gasteiger partial charge in [-0.25, -0.2) is 0 Å². The Labute approximate surface area is 140 Å². The third-order valence-electron chi connectivity index (χ3n) is 5.40. The van der Waals surface area contributed by atoms with E-state index in [9.17, 15) is 4.79 Å². The first-order valence-electron chi connectivity index (χ1n) is 9.38. The van der Waals surface area contributed by atoms with Crippen LogP contribution in [-0.2, 0) is 4.79 Å². The highest BCUT2D eigenvalue weighted by atomic mass is 16.1. The molecule has 0 aromatic heterocycles. The standard InChI is InChI=1S/C20H30N2O/c23-20-12-8-3-1-2-5-9-18(20)17-21-13-15-22(16-14-21)19-10-6-4-7-11-19/h4,6-7,10-11,18H,1-3,5,8-9,12-17H2. The van der Waals surface area contributed by atoms with Crippen molar-refractivity contribution in [1.82, 2.24) is 4.90 Å². The first-order chi connectivity index (χ1) is 11.3. The summed E-state index contributed by atoms with van der Waals surface area (Å²) in [5, 5.41) is 0. The predicted molar refractivity (Wildman–Crippen MR) is 95.9 cm³/mol.